The zero-order valence-electron chi connectivity index (χ0n) is 14.5. The number of carbonyl (C=O) groups excluding carboxylic acids is 1. The van der Waals surface area contributed by atoms with Gasteiger partial charge in [-0.3, -0.25) is 4.79 Å². The smallest absolute Gasteiger partial charge is 0.255 e. The molecule has 0 spiro atoms. The molecule has 0 radical (unpaired) electrons. The Morgan fingerprint density at radius 1 is 1.31 bits per heavy atom. The fourth-order valence-corrected chi connectivity index (χ4v) is 3.89. The van der Waals surface area contributed by atoms with Gasteiger partial charge in [-0.1, -0.05) is 6.07 Å². The maximum absolute atomic E-state index is 12.7. The van der Waals surface area contributed by atoms with Crippen LogP contribution in [0.2, 0.25) is 0 Å². The molecule has 1 aromatic carbocycles. The molecule has 1 heterocycles. The van der Waals surface area contributed by atoms with E-state index in [9.17, 15) is 13.2 Å². The topological polar surface area (TPSA) is 97.3 Å². The number of sulfonamides is 1. The van der Waals surface area contributed by atoms with Gasteiger partial charge in [0.2, 0.25) is 10.0 Å². The van der Waals surface area contributed by atoms with Gasteiger partial charge in [0.05, 0.1) is 27.0 Å². The van der Waals surface area contributed by atoms with Gasteiger partial charge < -0.3 is 9.47 Å². The van der Waals surface area contributed by atoms with Crippen LogP contribution in [0.1, 0.15) is 4.88 Å². The van der Waals surface area contributed by atoms with Crippen LogP contribution < -0.4 is 14.9 Å². The van der Waals surface area contributed by atoms with Crippen LogP contribution in [0.3, 0.4) is 0 Å². The van der Waals surface area contributed by atoms with E-state index in [2.05, 4.69) is 10.5 Å². The van der Waals surface area contributed by atoms with Gasteiger partial charge in [-0.15, -0.1) is 11.3 Å². The molecule has 0 bridgehead atoms. The molecular formula is C16H19N3O5S2. The summed E-state index contributed by atoms with van der Waals surface area (Å²) in [6, 6.07) is 8.12. The van der Waals surface area contributed by atoms with Crippen LogP contribution in [-0.4, -0.2) is 52.7 Å². The highest BCUT2D eigenvalue weighted by Gasteiger charge is 2.27. The first kappa shape index (κ1) is 19.9. The van der Waals surface area contributed by atoms with Crippen LogP contribution >= 0.6 is 11.3 Å². The van der Waals surface area contributed by atoms with Crippen LogP contribution in [0.4, 0.5) is 0 Å². The van der Waals surface area contributed by atoms with Gasteiger partial charge in [-0.2, -0.15) is 9.41 Å². The second-order valence-corrected chi connectivity index (χ2v) is 8.08. The number of rotatable bonds is 8. The van der Waals surface area contributed by atoms with Crippen molar-refractivity contribution >= 4 is 33.5 Å². The van der Waals surface area contributed by atoms with E-state index in [0.29, 0.717) is 5.75 Å². The normalized spacial score (nSPS) is 11.7. The molecule has 0 unspecified atom stereocenters. The van der Waals surface area contributed by atoms with Crippen molar-refractivity contribution in [3.05, 3.63) is 40.6 Å². The van der Waals surface area contributed by atoms with Gasteiger partial charge in [0.1, 0.15) is 16.4 Å². The van der Waals surface area contributed by atoms with Crippen LogP contribution in [0.25, 0.3) is 0 Å². The molecule has 1 N–H and O–H groups in total. The first-order chi connectivity index (χ1) is 12.4. The van der Waals surface area contributed by atoms with Gasteiger partial charge in [0.25, 0.3) is 5.91 Å². The molecule has 0 aliphatic carbocycles. The summed E-state index contributed by atoms with van der Waals surface area (Å²) in [4.78, 5) is 12.7. The van der Waals surface area contributed by atoms with E-state index in [1.807, 2.05) is 17.5 Å². The highest BCUT2D eigenvalue weighted by molar-refractivity contribution is 7.89. The Bertz CT molecular complexity index is 879. The minimum absolute atomic E-state index is 0.0864. The Morgan fingerprint density at radius 3 is 2.69 bits per heavy atom. The summed E-state index contributed by atoms with van der Waals surface area (Å²) in [6.07, 6.45) is 1.49. The largest absolute Gasteiger partial charge is 0.497 e. The molecule has 0 aliphatic heterocycles. The van der Waals surface area contributed by atoms with Crippen molar-refractivity contribution < 1.29 is 22.7 Å². The molecule has 10 heteroatoms. The van der Waals surface area contributed by atoms with Crippen molar-refractivity contribution in [2.24, 2.45) is 5.10 Å². The van der Waals surface area contributed by atoms with Crippen molar-refractivity contribution in [3.63, 3.8) is 0 Å². The summed E-state index contributed by atoms with van der Waals surface area (Å²) in [5.74, 6) is -0.0395. The molecular weight excluding hydrogens is 378 g/mol. The molecule has 2 rings (SSSR count). The summed E-state index contributed by atoms with van der Waals surface area (Å²) in [6.45, 7) is -0.398. The Kier molecular flexibility index (Phi) is 6.72. The fraction of sp³-hybridized carbons (Fsp3) is 0.250. The average molecular weight is 397 g/mol. The number of benzene rings is 1. The maximum Gasteiger partial charge on any atom is 0.255 e. The maximum atomic E-state index is 12.7. The third kappa shape index (κ3) is 4.81. The third-order valence-corrected chi connectivity index (χ3v) is 5.98. The molecule has 2 aromatic rings. The number of likely N-dealkylation sites (N-methyl/N-ethyl adjacent to an activating group) is 1. The molecule has 0 saturated carbocycles. The zero-order valence-corrected chi connectivity index (χ0v) is 16.1. The molecule has 1 aromatic heterocycles. The summed E-state index contributed by atoms with van der Waals surface area (Å²) >= 11 is 1.46. The van der Waals surface area contributed by atoms with Crippen molar-refractivity contribution in [2.45, 2.75) is 4.90 Å². The zero-order chi connectivity index (χ0) is 19.2. The Hall–Kier alpha value is -2.43. The molecule has 0 atom stereocenters. The number of carbonyl (C=O) groups is 1. The number of amides is 1. The monoisotopic (exact) mass is 397 g/mol. The van der Waals surface area contributed by atoms with E-state index in [1.165, 1.54) is 51.0 Å². The van der Waals surface area contributed by atoms with Crippen molar-refractivity contribution in [1.29, 1.82) is 0 Å². The summed E-state index contributed by atoms with van der Waals surface area (Å²) in [5, 5.41) is 5.68. The number of methoxy groups -OCH3 is 2. The number of thiophene rings is 1. The standard InChI is InChI=1S/C16H19N3O5S2/c1-19(11-16(20)18-17-10-13-5-4-8-25-13)26(21,22)15-9-12(23-2)6-7-14(15)24-3/h4-10H,11H2,1-3H3,(H,18,20)/b17-10-. The molecule has 0 fully saturated rings. The lowest BCUT2D eigenvalue weighted by Crippen LogP contribution is -2.36. The molecule has 0 saturated heterocycles. The lowest BCUT2D eigenvalue weighted by atomic mass is 10.3. The van der Waals surface area contributed by atoms with Crippen molar-refractivity contribution in [2.75, 3.05) is 27.8 Å². The van der Waals surface area contributed by atoms with Crippen LogP contribution in [0.5, 0.6) is 11.5 Å². The van der Waals surface area contributed by atoms with Crippen molar-refractivity contribution in [1.82, 2.24) is 9.73 Å². The van der Waals surface area contributed by atoms with E-state index < -0.39 is 22.5 Å². The minimum Gasteiger partial charge on any atom is -0.497 e. The van der Waals surface area contributed by atoms with E-state index in [1.54, 1.807) is 6.07 Å². The first-order valence-electron chi connectivity index (χ1n) is 7.42. The van der Waals surface area contributed by atoms with Crippen molar-refractivity contribution in [3.8, 4) is 11.5 Å². The van der Waals surface area contributed by atoms with E-state index in [-0.39, 0.29) is 10.6 Å². The van der Waals surface area contributed by atoms with Gasteiger partial charge in [-0.05, 0) is 23.6 Å². The number of nitrogens with zero attached hydrogens (tertiary/aromatic N) is 2. The Morgan fingerprint density at radius 2 is 2.08 bits per heavy atom. The predicted octanol–water partition coefficient (Wildman–Crippen LogP) is 1.54. The lowest BCUT2D eigenvalue weighted by Gasteiger charge is -2.18. The van der Waals surface area contributed by atoms with E-state index in [4.69, 9.17) is 9.47 Å². The van der Waals surface area contributed by atoms with Crippen LogP contribution in [-0.2, 0) is 14.8 Å². The van der Waals surface area contributed by atoms with Gasteiger partial charge >= 0.3 is 0 Å². The molecule has 26 heavy (non-hydrogen) atoms. The number of hydrazone groups is 1. The summed E-state index contributed by atoms with van der Waals surface area (Å²) < 4.78 is 36.6. The molecule has 8 nitrogen and oxygen atoms in total. The second-order valence-electron chi connectivity index (χ2n) is 5.09. The third-order valence-electron chi connectivity index (χ3n) is 3.35. The molecule has 140 valence electrons. The Labute approximate surface area is 156 Å². The number of ether oxygens (including phenoxy) is 2. The van der Waals surface area contributed by atoms with Gasteiger partial charge in [0, 0.05) is 18.0 Å². The fourth-order valence-electron chi connectivity index (χ4n) is 2.01. The van der Waals surface area contributed by atoms with Gasteiger partial charge in [0.15, 0.2) is 0 Å². The highest BCUT2D eigenvalue weighted by atomic mass is 32.2. The van der Waals surface area contributed by atoms with Crippen LogP contribution in [0.15, 0.2) is 45.7 Å². The lowest BCUT2D eigenvalue weighted by molar-refractivity contribution is -0.121. The Balaban J connectivity index is 2.10. The minimum atomic E-state index is -3.96. The molecule has 1 amide bonds. The highest BCUT2D eigenvalue weighted by Crippen LogP contribution is 2.29. The van der Waals surface area contributed by atoms with Gasteiger partial charge in [-0.25, -0.2) is 13.8 Å². The van der Waals surface area contributed by atoms with E-state index >= 15 is 0 Å². The summed E-state index contributed by atoms with van der Waals surface area (Å²) in [7, 11) is 0.142. The quantitative estimate of drug-likeness (QED) is 0.538. The number of hydrogen-bond acceptors (Lipinski definition) is 7. The predicted molar refractivity (Wildman–Crippen MR) is 99.4 cm³/mol. The van der Waals surface area contributed by atoms with E-state index in [0.717, 1.165) is 9.18 Å². The summed E-state index contributed by atoms with van der Waals surface area (Å²) in [5.41, 5.74) is 2.30. The number of hydrogen-bond donors (Lipinski definition) is 1. The number of nitrogens with one attached hydrogen (secondary N) is 1. The molecule has 0 aliphatic rings. The first-order valence-corrected chi connectivity index (χ1v) is 9.74. The average Bonchev–Trinajstić information content (AvgIpc) is 3.14. The second kappa shape index (κ2) is 8.79. The SMILES string of the molecule is COc1ccc(OC)c(S(=O)(=O)N(C)CC(=O)N/N=C\c2cccs2)c1. The van der Waals surface area contributed by atoms with Crippen LogP contribution in [0, 0.1) is 0 Å².